The molecule has 0 N–H and O–H groups in total. The fourth-order valence-corrected chi connectivity index (χ4v) is 2.45. The van der Waals surface area contributed by atoms with Crippen LogP contribution < -0.4 is 0 Å². The Morgan fingerprint density at radius 2 is 1.86 bits per heavy atom. The van der Waals surface area contributed by atoms with Gasteiger partial charge in [-0.3, -0.25) is 4.79 Å². The molecular formula is C11H19NO2. The Labute approximate surface area is 85.4 Å². The number of hydrogen-bond acceptors (Lipinski definition) is 3. The molecular weight excluding hydrogens is 178 g/mol. The van der Waals surface area contributed by atoms with Crippen LogP contribution in [0.15, 0.2) is 0 Å². The third-order valence-electron chi connectivity index (χ3n) is 3.44. The molecule has 3 nitrogen and oxygen atoms in total. The van der Waals surface area contributed by atoms with E-state index in [0.29, 0.717) is 6.42 Å². The SMILES string of the molecule is CCCC(=O)OC12CCN(CC1)CC2. The summed E-state index contributed by atoms with van der Waals surface area (Å²) in [5.41, 5.74) is -0.0823. The van der Waals surface area contributed by atoms with Gasteiger partial charge in [-0.05, 0) is 6.42 Å². The molecule has 14 heavy (non-hydrogen) atoms. The molecule has 0 aliphatic carbocycles. The van der Waals surface area contributed by atoms with Gasteiger partial charge in [-0.15, -0.1) is 0 Å². The average molecular weight is 197 g/mol. The van der Waals surface area contributed by atoms with Gasteiger partial charge in [0.25, 0.3) is 0 Å². The fraction of sp³-hybridized carbons (Fsp3) is 0.909. The molecule has 0 aromatic heterocycles. The summed E-state index contributed by atoms with van der Waals surface area (Å²) < 4.78 is 5.64. The van der Waals surface area contributed by atoms with Crippen molar-refractivity contribution >= 4 is 5.97 Å². The smallest absolute Gasteiger partial charge is 0.306 e. The topological polar surface area (TPSA) is 29.5 Å². The Balaban J connectivity index is 1.91. The molecule has 3 heteroatoms. The van der Waals surface area contributed by atoms with Gasteiger partial charge in [0.1, 0.15) is 5.60 Å². The minimum absolute atomic E-state index is 0.00264. The maximum absolute atomic E-state index is 11.5. The van der Waals surface area contributed by atoms with E-state index in [2.05, 4.69) is 4.90 Å². The summed E-state index contributed by atoms with van der Waals surface area (Å²) in [7, 11) is 0. The van der Waals surface area contributed by atoms with Crippen LogP contribution in [0.3, 0.4) is 0 Å². The van der Waals surface area contributed by atoms with E-state index >= 15 is 0 Å². The van der Waals surface area contributed by atoms with Gasteiger partial charge in [0.15, 0.2) is 0 Å². The van der Waals surface area contributed by atoms with Crippen LogP contribution in [0.25, 0.3) is 0 Å². The van der Waals surface area contributed by atoms with Gasteiger partial charge in [-0.2, -0.15) is 0 Å². The average Bonchev–Trinajstić information content (AvgIpc) is 2.20. The predicted octanol–water partition coefficient (Wildman–Crippen LogP) is 1.57. The van der Waals surface area contributed by atoms with Gasteiger partial charge in [-0.1, -0.05) is 6.92 Å². The number of fused-ring (bicyclic) bond motifs is 3. The Bertz CT molecular complexity index is 206. The summed E-state index contributed by atoms with van der Waals surface area (Å²) in [5, 5.41) is 0. The first kappa shape index (κ1) is 9.97. The Hall–Kier alpha value is -0.570. The normalized spacial score (nSPS) is 35.6. The van der Waals surface area contributed by atoms with Crippen molar-refractivity contribution in [2.75, 3.05) is 19.6 Å². The number of ether oxygens (including phenoxy) is 1. The van der Waals surface area contributed by atoms with Crippen molar-refractivity contribution in [1.82, 2.24) is 4.90 Å². The van der Waals surface area contributed by atoms with Crippen molar-refractivity contribution in [2.45, 2.75) is 44.6 Å². The molecule has 3 aliphatic heterocycles. The van der Waals surface area contributed by atoms with Gasteiger partial charge in [0.2, 0.25) is 0 Å². The van der Waals surface area contributed by atoms with Crippen molar-refractivity contribution in [3.05, 3.63) is 0 Å². The van der Waals surface area contributed by atoms with Crippen LogP contribution in [-0.2, 0) is 9.53 Å². The summed E-state index contributed by atoms with van der Waals surface area (Å²) in [5.74, 6) is 0.00264. The molecule has 0 saturated carbocycles. The number of nitrogens with zero attached hydrogens (tertiary/aromatic N) is 1. The molecule has 0 unspecified atom stereocenters. The largest absolute Gasteiger partial charge is 0.459 e. The molecule has 0 aromatic carbocycles. The second kappa shape index (κ2) is 3.89. The van der Waals surface area contributed by atoms with Crippen molar-refractivity contribution in [1.29, 1.82) is 0 Å². The van der Waals surface area contributed by atoms with E-state index in [9.17, 15) is 4.79 Å². The Kier molecular flexibility index (Phi) is 2.77. The highest BCUT2D eigenvalue weighted by Crippen LogP contribution is 2.35. The first-order chi connectivity index (χ1) is 6.74. The Morgan fingerprint density at radius 1 is 1.29 bits per heavy atom. The Morgan fingerprint density at radius 3 is 2.36 bits per heavy atom. The first-order valence-corrected chi connectivity index (χ1v) is 5.68. The summed E-state index contributed by atoms with van der Waals surface area (Å²) in [6.07, 6.45) is 4.60. The number of hydrogen-bond donors (Lipinski definition) is 0. The van der Waals surface area contributed by atoms with Crippen LogP contribution in [0.2, 0.25) is 0 Å². The summed E-state index contributed by atoms with van der Waals surface area (Å²) >= 11 is 0. The quantitative estimate of drug-likeness (QED) is 0.643. The van der Waals surface area contributed by atoms with Gasteiger partial charge >= 0.3 is 5.97 Å². The molecule has 0 amide bonds. The van der Waals surface area contributed by atoms with Crippen molar-refractivity contribution in [3.63, 3.8) is 0 Å². The molecule has 3 rings (SSSR count). The van der Waals surface area contributed by atoms with Gasteiger partial charge in [-0.25, -0.2) is 0 Å². The van der Waals surface area contributed by atoms with Crippen molar-refractivity contribution < 1.29 is 9.53 Å². The number of carbonyl (C=O) groups excluding carboxylic acids is 1. The van der Waals surface area contributed by atoms with Crippen molar-refractivity contribution in [2.24, 2.45) is 0 Å². The molecule has 2 bridgehead atoms. The standard InChI is InChI=1S/C11H19NO2/c1-2-3-10(13)14-11-4-7-12(8-5-11)9-6-11/h2-9H2,1H3. The molecule has 80 valence electrons. The van der Waals surface area contributed by atoms with E-state index in [-0.39, 0.29) is 11.6 Å². The predicted molar refractivity (Wildman–Crippen MR) is 54.0 cm³/mol. The lowest BCUT2D eigenvalue weighted by atomic mass is 9.83. The zero-order valence-electron chi connectivity index (χ0n) is 8.92. The lowest BCUT2D eigenvalue weighted by molar-refractivity contribution is -0.173. The van der Waals surface area contributed by atoms with E-state index < -0.39 is 0 Å². The van der Waals surface area contributed by atoms with Crippen LogP contribution in [0.4, 0.5) is 0 Å². The van der Waals surface area contributed by atoms with E-state index in [4.69, 9.17) is 4.74 Å². The molecule has 3 fully saturated rings. The van der Waals surface area contributed by atoms with E-state index in [1.54, 1.807) is 0 Å². The second-order valence-corrected chi connectivity index (χ2v) is 4.50. The molecule has 0 aromatic rings. The zero-order chi connectivity index (χ0) is 10.0. The summed E-state index contributed by atoms with van der Waals surface area (Å²) in [4.78, 5) is 13.9. The van der Waals surface area contributed by atoms with Gasteiger partial charge in [0.05, 0.1) is 0 Å². The maximum Gasteiger partial charge on any atom is 0.306 e. The molecule has 3 saturated heterocycles. The minimum atomic E-state index is -0.0823. The highest BCUT2D eigenvalue weighted by Gasteiger charge is 2.42. The molecule has 0 atom stereocenters. The summed E-state index contributed by atoms with van der Waals surface area (Å²) in [6.45, 7) is 5.35. The fourth-order valence-electron chi connectivity index (χ4n) is 2.45. The van der Waals surface area contributed by atoms with Gasteiger partial charge < -0.3 is 9.64 Å². The van der Waals surface area contributed by atoms with Crippen LogP contribution in [0, 0.1) is 0 Å². The zero-order valence-corrected chi connectivity index (χ0v) is 8.92. The lowest BCUT2D eigenvalue weighted by Gasteiger charge is -2.47. The number of piperidine rings is 3. The minimum Gasteiger partial charge on any atom is -0.459 e. The maximum atomic E-state index is 11.5. The number of rotatable bonds is 3. The molecule has 0 spiro atoms. The van der Waals surface area contributed by atoms with Crippen LogP contribution in [0.5, 0.6) is 0 Å². The monoisotopic (exact) mass is 197 g/mol. The van der Waals surface area contributed by atoms with E-state index in [1.807, 2.05) is 6.92 Å². The van der Waals surface area contributed by atoms with Crippen molar-refractivity contribution in [3.8, 4) is 0 Å². The summed E-state index contributed by atoms with van der Waals surface area (Å²) in [6, 6.07) is 0. The molecule has 3 heterocycles. The van der Waals surface area contributed by atoms with Crippen LogP contribution >= 0.6 is 0 Å². The molecule has 3 aliphatic rings. The third-order valence-corrected chi connectivity index (χ3v) is 3.44. The van der Waals surface area contributed by atoms with Crippen LogP contribution in [-0.4, -0.2) is 36.1 Å². The van der Waals surface area contributed by atoms with E-state index in [0.717, 1.165) is 45.3 Å². The third kappa shape index (κ3) is 1.92. The second-order valence-electron chi connectivity index (χ2n) is 4.50. The van der Waals surface area contributed by atoms with Crippen LogP contribution in [0.1, 0.15) is 39.0 Å². The van der Waals surface area contributed by atoms with Gasteiger partial charge in [0, 0.05) is 45.3 Å². The highest BCUT2D eigenvalue weighted by atomic mass is 16.6. The molecule has 0 radical (unpaired) electrons. The van der Waals surface area contributed by atoms with E-state index in [1.165, 1.54) is 0 Å². The number of carbonyl (C=O) groups is 1. The first-order valence-electron chi connectivity index (χ1n) is 5.68. The highest BCUT2D eigenvalue weighted by molar-refractivity contribution is 5.69. The number of esters is 1. The lowest BCUT2D eigenvalue weighted by Crippen LogP contribution is -2.54.